The second-order valence-corrected chi connectivity index (χ2v) is 18.8. The van der Waals surface area contributed by atoms with Crippen LogP contribution >= 0.6 is 22.9 Å². The highest BCUT2D eigenvalue weighted by Crippen LogP contribution is 2.48. The summed E-state index contributed by atoms with van der Waals surface area (Å²) in [6.07, 6.45) is 10.8. The van der Waals surface area contributed by atoms with Gasteiger partial charge in [0.15, 0.2) is 6.29 Å². The quantitative estimate of drug-likeness (QED) is 0.229. The summed E-state index contributed by atoms with van der Waals surface area (Å²) >= 11 is 8.15. The lowest BCUT2D eigenvalue weighted by atomic mass is 9.64. The van der Waals surface area contributed by atoms with Crippen LogP contribution in [-0.2, 0) is 44.4 Å². The molecule has 0 saturated heterocycles. The number of ether oxygens (including phenoxy) is 2. The van der Waals surface area contributed by atoms with Gasteiger partial charge >= 0.3 is 0 Å². The Morgan fingerprint density at radius 1 is 1.15 bits per heavy atom. The first-order valence-corrected chi connectivity index (χ1v) is 21.5. The van der Waals surface area contributed by atoms with Gasteiger partial charge in [0, 0.05) is 66.5 Å². The monoisotopic (exact) mass is 780 g/mol. The van der Waals surface area contributed by atoms with Gasteiger partial charge in [0.1, 0.15) is 11.4 Å². The van der Waals surface area contributed by atoms with Gasteiger partial charge in [0.25, 0.3) is 5.91 Å². The second kappa shape index (κ2) is 15.5. The molecule has 2 aliphatic carbocycles. The van der Waals surface area contributed by atoms with E-state index in [0.29, 0.717) is 36.9 Å². The number of aromatic nitrogens is 1. The van der Waals surface area contributed by atoms with E-state index in [1.807, 2.05) is 30.7 Å². The van der Waals surface area contributed by atoms with Crippen molar-refractivity contribution in [3.63, 3.8) is 0 Å². The van der Waals surface area contributed by atoms with Crippen molar-refractivity contribution in [3.05, 3.63) is 86.3 Å². The van der Waals surface area contributed by atoms with Crippen LogP contribution < -0.4 is 19.7 Å². The first-order chi connectivity index (χ1) is 25.5. The van der Waals surface area contributed by atoms with Gasteiger partial charge in [-0.15, -0.1) is 11.3 Å². The highest BCUT2D eigenvalue weighted by atomic mass is 35.5. The van der Waals surface area contributed by atoms with Crippen LogP contribution in [0.1, 0.15) is 78.0 Å². The molecule has 10 nitrogen and oxygen atoms in total. The van der Waals surface area contributed by atoms with E-state index in [-0.39, 0.29) is 28.7 Å². The number of hydrogen-bond acceptors (Lipinski definition) is 10. The van der Waals surface area contributed by atoms with Gasteiger partial charge in [-0.1, -0.05) is 30.7 Å². The van der Waals surface area contributed by atoms with Gasteiger partial charge in [-0.05, 0) is 105 Å². The van der Waals surface area contributed by atoms with Crippen molar-refractivity contribution in [2.45, 2.75) is 81.6 Å². The largest absolute Gasteiger partial charge is 0.490 e. The summed E-state index contributed by atoms with van der Waals surface area (Å²) in [4.78, 5) is 34.0. The molecule has 6 atom stereocenters. The number of fused-ring (bicyclic) bond motifs is 5. The topological polar surface area (TPSA) is 127 Å². The number of aldehydes is 1. The SMILES string of the molecule is CO[C@@]1(C=O)/C=C/C[C@H](C)[C@@H](C)S(=O)(=O)NC(=O)c2ccc3c(c2)N(C[C@@H]2CC[C@H]21)C[C@@]1(CCCc2cc(Cl)ccc21)CO3.c1nc2c(s1)CNCC2. The maximum absolute atomic E-state index is 13.4. The number of methoxy groups -OCH3 is 1. The van der Waals surface area contributed by atoms with Crippen molar-refractivity contribution in [2.75, 3.05) is 38.3 Å². The Morgan fingerprint density at radius 3 is 2.75 bits per heavy atom. The number of carbonyl (C=O) groups is 2. The fourth-order valence-electron chi connectivity index (χ4n) is 8.73. The first-order valence-electron chi connectivity index (χ1n) is 18.7. The molecular formula is C40H49ClN4O6S2. The van der Waals surface area contributed by atoms with Crippen LogP contribution in [0.3, 0.4) is 0 Å². The number of benzene rings is 2. The number of nitrogens with one attached hydrogen (secondary N) is 2. The molecule has 1 spiro atoms. The molecule has 1 aromatic heterocycles. The van der Waals surface area contributed by atoms with Crippen molar-refractivity contribution in [1.29, 1.82) is 0 Å². The molecule has 2 N–H and O–H groups in total. The lowest BCUT2D eigenvalue weighted by molar-refractivity contribution is -0.135. The number of aryl methyl sites for hydroxylation is 1. The van der Waals surface area contributed by atoms with Gasteiger partial charge in [-0.2, -0.15) is 0 Å². The Morgan fingerprint density at radius 2 is 2.00 bits per heavy atom. The fraction of sp³-hybridized carbons (Fsp3) is 0.525. The molecule has 1 saturated carbocycles. The van der Waals surface area contributed by atoms with E-state index in [0.717, 1.165) is 63.6 Å². The minimum Gasteiger partial charge on any atom is -0.490 e. The molecule has 3 aliphatic heterocycles. The summed E-state index contributed by atoms with van der Waals surface area (Å²) in [5.74, 6) is -0.203. The Hall–Kier alpha value is -3.29. The summed E-state index contributed by atoms with van der Waals surface area (Å²) < 4.78 is 41.3. The van der Waals surface area contributed by atoms with Crippen molar-refractivity contribution in [1.82, 2.24) is 15.0 Å². The number of carbonyl (C=O) groups excluding carboxylic acids is 2. The molecule has 1 fully saturated rings. The predicted octanol–water partition coefficient (Wildman–Crippen LogP) is 6.26. The van der Waals surface area contributed by atoms with Crippen LogP contribution in [0.2, 0.25) is 5.02 Å². The molecule has 5 aliphatic rings. The molecule has 2 bridgehead atoms. The Labute approximate surface area is 321 Å². The maximum atomic E-state index is 13.4. The molecule has 284 valence electrons. The highest BCUT2D eigenvalue weighted by molar-refractivity contribution is 7.90. The molecule has 53 heavy (non-hydrogen) atoms. The lowest BCUT2D eigenvalue weighted by Crippen LogP contribution is -2.53. The van der Waals surface area contributed by atoms with E-state index in [4.69, 9.17) is 21.1 Å². The van der Waals surface area contributed by atoms with Gasteiger partial charge in [-0.3, -0.25) is 9.59 Å². The number of amides is 1. The number of rotatable bonds is 2. The number of halogens is 1. The van der Waals surface area contributed by atoms with Crippen molar-refractivity contribution in [2.24, 2.45) is 17.8 Å². The van der Waals surface area contributed by atoms with Gasteiger partial charge in [0.2, 0.25) is 10.0 Å². The molecule has 8 rings (SSSR count). The molecule has 0 radical (unpaired) electrons. The minimum absolute atomic E-state index is 0.0434. The minimum atomic E-state index is -3.97. The van der Waals surface area contributed by atoms with Crippen molar-refractivity contribution < 1.29 is 27.5 Å². The van der Waals surface area contributed by atoms with E-state index in [2.05, 4.69) is 32.1 Å². The molecule has 2 aromatic carbocycles. The van der Waals surface area contributed by atoms with Gasteiger partial charge in [-0.25, -0.2) is 18.1 Å². The van der Waals surface area contributed by atoms with Crippen LogP contribution in [0.5, 0.6) is 5.75 Å². The molecular weight excluding hydrogens is 732 g/mol. The molecule has 3 aromatic rings. The number of hydrogen-bond donors (Lipinski definition) is 2. The first kappa shape index (κ1) is 38.0. The smallest absolute Gasteiger partial charge is 0.264 e. The van der Waals surface area contributed by atoms with Crippen LogP contribution in [0, 0.1) is 17.8 Å². The molecule has 4 heterocycles. The number of sulfonamides is 1. The lowest BCUT2D eigenvalue weighted by Gasteiger charge is -2.48. The average Bonchev–Trinajstić information content (AvgIpc) is 3.57. The third-order valence-corrected chi connectivity index (χ3v) is 15.3. The normalized spacial score (nSPS) is 31.1. The summed E-state index contributed by atoms with van der Waals surface area (Å²) in [6.45, 7) is 7.30. The number of nitrogens with zero attached hydrogens (tertiary/aromatic N) is 2. The Kier molecular flexibility index (Phi) is 11.1. The summed E-state index contributed by atoms with van der Waals surface area (Å²) in [5, 5.41) is 3.17. The third-order valence-electron chi connectivity index (χ3n) is 12.3. The van der Waals surface area contributed by atoms with Gasteiger partial charge in [0.05, 0.1) is 28.7 Å². The zero-order chi connectivity index (χ0) is 37.4. The Balaban J connectivity index is 0.000000418. The Bertz CT molecular complexity index is 1970. The van der Waals surface area contributed by atoms with E-state index >= 15 is 0 Å². The third kappa shape index (κ3) is 7.54. The number of thiazole rings is 1. The van der Waals surface area contributed by atoms with E-state index in [1.54, 1.807) is 43.6 Å². The number of allylic oxidation sites excluding steroid dienone is 1. The fourth-order valence-corrected chi connectivity index (χ4v) is 11.0. The van der Waals surface area contributed by atoms with Crippen LogP contribution in [0.15, 0.2) is 54.1 Å². The summed E-state index contributed by atoms with van der Waals surface area (Å²) in [5.41, 5.74) is 5.28. The summed E-state index contributed by atoms with van der Waals surface area (Å²) in [6, 6.07) is 11.3. The van der Waals surface area contributed by atoms with Crippen molar-refractivity contribution in [3.8, 4) is 5.75 Å². The van der Waals surface area contributed by atoms with E-state index < -0.39 is 26.8 Å². The molecule has 13 heteroatoms. The standard InChI is InChI=1S/C34H41ClN2O6S.C6H8N2S/c1-22-6-4-15-34(20-38,42-3)29-11-8-26(29)18-37-19-33(14-5-7-24-16-27(35)10-12-28(24)33)21-43-31-13-9-25(17-30(31)37)32(39)36-44(40,41)23(22)2;1-2-7-3-6-5(1)8-4-9-6/h4,9-10,12-13,15-17,20,22-23,26,29H,5-8,11,14,18-19,21H2,1-3H3,(H,36,39);4,7H,1-3H2/b15-4+;/t22-,23+,26-,29+,33-,34+;/m0./s1. The van der Waals surface area contributed by atoms with E-state index in [1.165, 1.54) is 21.7 Å². The average molecular weight is 781 g/mol. The highest BCUT2D eigenvalue weighted by Gasteiger charge is 2.49. The summed E-state index contributed by atoms with van der Waals surface area (Å²) in [7, 11) is -2.41. The van der Waals surface area contributed by atoms with Crippen LogP contribution in [-0.4, -0.2) is 69.8 Å². The zero-order valence-electron chi connectivity index (χ0n) is 30.6. The van der Waals surface area contributed by atoms with Crippen LogP contribution in [0.4, 0.5) is 5.69 Å². The molecule has 1 amide bonds. The van der Waals surface area contributed by atoms with Crippen LogP contribution in [0.25, 0.3) is 0 Å². The molecule has 0 unspecified atom stereocenters. The second-order valence-electron chi connectivity index (χ2n) is 15.4. The van der Waals surface area contributed by atoms with Gasteiger partial charge < -0.3 is 19.7 Å². The zero-order valence-corrected chi connectivity index (χ0v) is 33.0. The maximum Gasteiger partial charge on any atom is 0.264 e. The number of anilines is 1. The van der Waals surface area contributed by atoms with E-state index in [9.17, 15) is 18.0 Å². The van der Waals surface area contributed by atoms with Crippen molar-refractivity contribution >= 4 is 50.8 Å². The predicted molar refractivity (Wildman–Crippen MR) is 209 cm³/mol.